The zero-order valence-corrected chi connectivity index (χ0v) is 17.5. The van der Waals surface area contributed by atoms with Crippen LogP contribution in [0.5, 0.6) is 11.5 Å². The van der Waals surface area contributed by atoms with Crippen LogP contribution >= 0.6 is 0 Å². The third kappa shape index (κ3) is 6.01. The molecule has 0 spiro atoms. The summed E-state index contributed by atoms with van der Waals surface area (Å²) in [5, 5.41) is 0. The predicted molar refractivity (Wildman–Crippen MR) is 119 cm³/mol. The molecule has 0 N–H and O–H groups in total. The molecule has 0 radical (unpaired) electrons. The maximum absolute atomic E-state index is 12.5. The van der Waals surface area contributed by atoms with Gasteiger partial charge in [-0.3, -0.25) is 0 Å². The Morgan fingerprint density at radius 2 is 1.45 bits per heavy atom. The predicted octanol–water partition coefficient (Wildman–Crippen LogP) is 5.45. The molecule has 4 rings (SSSR count). The Morgan fingerprint density at radius 1 is 0.806 bits per heavy atom. The molecule has 0 saturated carbocycles. The Bertz CT molecular complexity index is 961. The normalized spacial score (nSPS) is 15.5. The van der Waals surface area contributed by atoms with E-state index in [9.17, 15) is 4.79 Å². The van der Waals surface area contributed by atoms with Crippen molar-refractivity contribution < 1.29 is 19.0 Å². The van der Waals surface area contributed by atoms with Gasteiger partial charge in [-0.2, -0.15) is 0 Å². The smallest absolute Gasteiger partial charge is 0.410 e. The molecule has 31 heavy (non-hydrogen) atoms. The van der Waals surface area contributed by atoms with Crippen molar-refractivity contribution in [3.8, 4) is 11.5 Å². The number of carbonyl (C=O) groups is 1. The number of hydrogen-bond acceptors (Lipinski definition) is 4. The summed E-state index contributed by atoms with van der Waals surface area (Å²) >= 11 is 0. The number of hydrogen-bond donors (Lipinski definition) is 0. The minimum Gasteiger partial charge on any atom is -0.491 e. The minimum atomic E-state index is -0.283. The van der Waals surface area contributed by atoms with Crippen LogP contribution in [0.2, 0.25) is 0 Å². The average molecular weight is 418 g/mol. The summed E-state index contributed by atoms with van der Waals surface area (Å²) in [6, 6.07) is 27.4. The van der Waals surface area contributed by atoms with E-state index in [-0.39, 0.29) is 18.7 Å². The van der Waals surface area contributed by atoms with E-state index in [4.69, 9.17) is 14.2 Å². The van der Waals surface area contributed by atoms with Crippen molar-refractivity contribution in [3.63, 3.8) is 0 Å². The topological polar surface area (TPSA) is 48.0 Å². The maximum atomic E-state index is 12.5. The Kier molecular flexibility index (Phi) is 7.06. The molecule has 1 fully saturated rings. The first-order valence-electron chi connectivity index (χ1n) is 10.6. The van der Waals surface area contributed by atoms with E-state index in [2.05, 4.69) is 0 Å². The SMILES string of the molecule is O=C(OCc1ccccc1)N1CCC[C@H]1COc1cccc(OCc2ccccc2)c1. The summed E-state index contributed by atoms with van der Waals surface area (Å²) in [5.74, 6) is 1.49. The van der Waals surface area contributed by atoms with E-state index in [1.54, 1.807) is 4.90 Å². The van der Waals surface area contributed by atoms with Crippen molar-refractivity contribution in [3.05, 3.63) is 96.1 Å². The molecular weight excluding hydrogens is 390 g/mol. The van der Waals surface area contributed by atoms with Gasteiger partial charge in [0, 0.05) is 12.6 Å². The first-order chi connectivity index (χ1) is 15.3. The summed E-state index contributed by atoms with van der Waals surface area (Å²) in [4.78, 5) is 14.3. The van der Waals surface area contributed by atoms with Gasteiger partial charge in [0.25, 0.3) is 0 Å². The molecule has 0 aromatic heterocycles. The van der Waals surface area contributed by atoms with Gasteiger partial charge in [-0.05, 0) is 36.1 Å². The van der Waals surface area contributed by atoms with Gasteiger partial charge in [-0.1, -0.05) is 66.7 Å². The molecule has 1 heterocycles. The second-order valence-electron chi connectivity index (χ2n) is 7.59. The van der Waals surface area contributed by atoms with Gasteiger partial charge in [0.2, 0.25) is 0 Å². The highest BCUT2D eigenvalue weighted by atomic mass is 16.6. The molecule has 1 atom stereocenters. The van der Waals surface area contributed by atoms with Gasteiger partial charge in [-0.15, -0.1) is 0 Å². The first kappa shape index (κ1) is 20.8. The number of benzene rings is 3. The summed E-state index contributed by atoms with van der Waals surface area (Å²) in [6.45, 7) is 1.92. The lowest BCUT2D eigenvalue weighted by atomic mass is 10.2. The van der Waals surface area contributed by atoms with E-state index < -0.39 is 0 Å². The molecule has 0 unspecified atom stereocenters. The quantitative estimate of drug-likeness (QED) is 0.489. The van der Waals surface area contributed by atoms with Crippen molar-refractivity contribution in [1.82, 2.24) is 4.90 Å². The highest BCUT2D eigenvalue weighted by Gasteiger charge is 2.30. The van der Waals surface area contributed by atoms with Crippen molar-refractivity contribution in [2.45, 2.75) is 32.1 Å². The molecule has 0 aliphatic carbocycles. The summed E-state index contributed by atoms with van der Waals surface area (Å²) in [6.07, 6.45) is 1.58. The van der Waals surface area contributed by atoms with Crippen LogP contribution in [0.25, 0.3) is 0 Å². The Morgan fingerprint density at radius 3 is 2.16 bits per heavy atom. The van der Waals surface area contributed by atoms with Crippen LogP contribution in [-0.4, -0.2) is 30.2 Å². The fourth-order valence-electron chi connectivity index (χ4n) is 3.64. The number of likely N-dealkylation sites (tertiary alicyclic amines) is 1. The van der Waals surface area contributed by atoms with Crippen LogP contribution in [0.15, 0.2) is 84.9 Å². The fourth-order valence-corrected chi connectivity index (χ4v) is 3.64. The molecule has 1 saturated heterocycles. The molecule has 5 heteroatoms. The summed E-state index contributed by atoms with van der Waals surface area (Å²) in [7, 11) is 0. The number of carbonyl (C=O) groups excluding carboxylic acids is 1. The van der Waals surface area contributed by atoms with E-state index in [0.717, 1.165) is 35.5 Å². The lowest BCUT2D eigenvalue weighted by Gasteiger charge is -2.24. The molecule has 1 amide bonds. The third-order valence-corrected chi connectivity index (χ3v) is 5.31. The first-order valence-corrected chi connectivity index (χ1v) is 10.6. The van der Waals surface area contributed by atoms with Crippen LogP contribution in [0.1, 0.15) is 24.0 Å². The highest BCUT2D eigenvalue weighted by Crippen LogP contribution is 2.23. The van der Waals surface area contributed by atoms with Crippen molar-refractivity contribution in [1.29, 1.82) is 0 Å². The van der Waals surface area contributed by atoms with Crippen LogP contribution in [0.4, 0.5) is 4.79 Å². The molecule has 1 aliphatic heterocycles. The molecule has 5 nitrogen and oxygen atoms in total. The lowest BCUT2D eigenvalue weighted by Crippen LogP contribution is -2.39. The fraction of sp³-hybridized carbons (Fsp3) is 0.269. The zero-order chi connectivity index (χ0) is 21.3. The van der Waals surface area contributed by atoms with Crippen LogP contribution in [0.3, 0.4) is 0 Å². The van der Waals surface area contributed by atoms with Gasteiger partial charge in [0.15, 0.2) is 0 Å². The van der Waals surface area contributed by atoms with Crippen LogP contribution < -0.4 is 9.47 Å². The number of nitrogens with zero attached hydrogens (tertiary/aromatic N) is 1. The monoisotopic (exact) mass is 417 g/mol. The lowest BCUT2D eigenvalue weighted by molar-refractivity contribution is 0.0823. The highest BCUT2D eigenvalue weighted by molar-refractivity contribution is 5.68. The Balaban J connectivity index is 1.27. The third-order valence-electron chi connectivity index (χ3n) is 5.31. The Hall–Kier alpha value is -3.47. The van der Waals surface area contributed by atoms with Gasteiger partial charge in [0.1, 0.15) is 31.3 Å². The molecule has 3 aromatic rings. The summed E-state index contributed by atoms with van der Waals surface area (Å²) in [5.41, 5.74) is 2.10. The maximum Gasteiger partial charge on any atom is 0.410 e. The van der Waals surface area contributed by atoms with E-state index in [0.29, 0.717) is 19.8 Å². The van der Waals surface area contributed by atoms with E-state index in [1.807, 2.05) is 84.9 Å². The largest absolute Gasteiger partial charge is 0.491 e. The van der Waals surface area contributed by atoms with Crippen molar-refractivity contribution in [2.75, 3.05) is 13.2 Å². The van der Waals surface area contributed by atoms with E-state index in [1.165, 1.54) is 0 Å². The van der Waals surface area contributed by atoms with Crippen molar-refractivity contribution >= 4 is 6.09 Å². The molecular formula is C26H27NO4. The van der Waals surface area contributed by atoms with Crippen LogP contribution in [0, 0.1) is 0 Å². The molecule has 1 aliphatic rings. The zero-order valence-electron chi connectivity index (χ0n) is 17.5. The number of amides is 1. The van der Waals surface area contributed by atoms with Gasteiger partial charge in [0.05, 0.1) is 6.04 Å². The van der Waals surface area contributed by atoms with Gasteiger partial charge in [-0.25, -0.2) is 4.79 Å². The van der Waals surface area contributed by atoms with Gasteiger partial charge >= 0.3 is 6.09 Å². The van der Waals surface area contributed by atoms with Crippen LogP contribution in [-0.2, 0) is 18.0 Å². The number of rotatable bonds is 8. The molecule has 3 aromatic carbocycles. The minimum absolute atomic E-state index is 0.0113. The standard InChI is InChI=1S/C26H27NO4/c28-26(31-19-22-11-5-2-6-12-22)27-16-8-13-23(27)20-30-25-15-7-14-24(17-25)29-18-21-9-3-1-4-10-21/h1-7,9-12,14-15,17,23H,8,13,16,18-20H2/t23-/m0/s1. The Labute approximate surface area is 183 Å². The summed E-state index contributed by atoms with van der Waals surface area (Å²) < 4.78 is 17.4. The second-order valence-corrected chi connectivity index (χ2v) is 7.59. The van der Waals surface area contributed by atoms with E-state index >= 15 is 0 Å². The molecule has 160 valence electrons. The number of ether oxygens (including phenoxy) is 3. The van der Waals surface area contributed by atoms with Gasteiger partial charge < -0.3 is 19.1 Å². The second kappa shape index (κ2) is 10.5. The van der Waals surface area contributed by atoms with Crippen molar-refractivity contribution in [2.24, 2.45) is 0 Å². The average Bonchev–Trinajstić information content (AvgIpc) is 3.30. The molecule has 0 bridgehead atoms.